The number of carbonyl (C=O) groups excluding carboxylic acids is 2. The van der Waals surface area contributed by atoms with Gasteiger partial charge in [-0.15, -0.1) is 0 Å². The summed E-state index contributed by atoms with van der Waals surface area (Å²) in [4.78, 5) is 24.1. The average Bonchev–Trinajstić information content (AvgIpc) is 2.50. The van der Waals surface area contributed by atoms with Crippen molar-refractivity contribution >= 4 is 17.6 Å². The molecule has 0 radical (unpaired) electrons. The van der Waals surface area contributed by atoms with E-state index < -0.39 is 11.9 Å². The molecule has 0 saturated heterocycles. The highest BCUT2D eigenvalue weighted by Crippen LogP contribution is 2.22. The summed E-state index contributed by atoms with van der Waals surface area (Å²) in [5.74, 6) is -0.725. The van der Waals surface area contributed by atoms with E-state index in [9.17, 15) is 9.59 Å². The van der Waals surface area contributed by atoms with Crippen LogP contribution in [0.4, 0.5) is 5.69 Å². The van der Waals surface area contributed by atoms with E-state index in [1.54, 1.807) is 25.1 Å². The first-order valence-corrected chi connectivity index (χ1v) is 6.88. The van der Waals surface area contributed by atoms with E-state index >= 15 is 0 Å². The number of ether oxygens (including phenoxy) is 2. The predicted octanol–water partition coefficient (Wildman–Crippen LogP) is 2.97. The van der Waals surface area contributed by atoms with Crippen molar-refractivity contribution in [1.29, 1.82) is 0 Å². The van der Waals surface area contributed by atoms with Crippen LogP contribution in [0.5, 0.6) is 5.75 Å². The maximum Gasteiger partial charge on any atom is 0.345 e. The lowest BCUT2D eigenvalue weighted by molar-refractivity contribution is 0.0527. The van der Waals surface area contributed by atoms with Crippen molar-refractivity contribution in [3.63, 3.8) is 0 Å². The minimum Gasteiger partial charge on any atom is -0.462 e. The minimum absolute atomic E-state index is 0.0551. The van der Waals surface area contributed by atoms with Gasteiger partial charge in [-0.05, 0) is 37.6 Å². The quantitative estimate of drug-likeness (QED) is 0.533. The first-order valence-electron chi connectivity index (χ1n) is 6.88. The summed E-state index contributed by atoms with van der Waals surface area (Å²) in [6, 6.07) is 11.7. The fourth-order valence-electron chi connectivity index (χ4n) is 1.96. The van der Waals surface area contributed by atoms with Gasteiger partial charge in [0.1, 0.15) is 5.75 Å². The largest absolute Gasteiger partial charge is 0.462 e. The summed E-state index contributed by atoms with van der Waals surface area (Å²) in [7, 11) is 0. The van der Waals surface area contributed by atoms with Crippen molar-refractivity contribution in [2.75, 3.05) is 12.3 Å². The number of nitrogens with two attached hydrogens (primary N) is 1. The number of anilines is 1. The van der Waals surface area contributed by atoms with Crippen molar-refractivity contribution in [2.45, 2.75) is 13.8 Å². The van der Waals surface area contributed by atoms with Gasteiger partial charge in [-0.2, -0.15) is 0 Å². The number of rotatable bonds is 4. The highest BCUT2D eigenvalue weighted by Gasteiger charge is 2.19. The number of aryl methyl sites for hydroxylation is 1. The summed E-state index contributed by atoms with van der Waals surface area (Å²) in [6.45, 7) is 3.77. The number of benzene rings is 2. The summed E-state index contributed by atoms with van der Waals surface area (Å²) >= 11 is 0. The second kappa shape index (κ2) is 6.76. The van der Waals surface area contributed by atoms with Gasteiger partial charge in [0.05, 0.1) is 23.4 Å². The van der Waals surface area contributed by atoms with Gasteiger partial charge >= 0.3 is 11.9 Å². The number of hydrogen-bond acceptors (Lipinski definition) is 5. The van der Waals surface area contributed by atoms with E-state index in [4.69, 9.17) is 15.2 Å². The molecule has 0 fully saturated rings. The highest BCUT2D eigenvalue weighted by atomic mass is 16.5. The Morgan fingerprint density at radius 1 is 1.00 bits per heavy atom. The molecule has 0 heterocycles. The maximum atomic E-state index is 12.3. The van der Waals surface area contributed by atoms with Gasteiger partial charge in [0, 0.05) is 0 Å². The number of hydrogen-bond donors (Lipinski definition) is 1. The summed E-state index contributed by atoms with van der Waals surface area (Å²) in [5, 5.41) is 0. The van der Waals surface area contributed by atoms with Crippen LogP contribution < -0.4 is 10.5 Å². The lowest BCUT2D eigenvalue weighted by atomic mass is 10.1. The van der Waals surface area contributed by atoms with E-state index in [0.29, 0.717) is 5.75 Å². The van der Waals surface area contributed by atoms with E-state index in [1.165, 1.54) is 12.1 Å². The number of para-hydroxylation sites is 2. The van der Waals surface area contributed by atoms with Crippen LogP contribution in [0.25, 0.3) is 0 Å². The van der Waals surface area contributed by atoms with Crippen molar-refractivity contribution < 1.29 is 19.1 Å². The third kappa shape index (κ3) is 3.25. The Morgan fingerprint density at radius 3 is 2.27 bits per heavy atom. The first kappa shape index (κ1) is 15.6. The topological polar surface area (TPSA) is 78.6 Å². The second-order valence-electron chi connectivity index (χ2n) is 4.64. The number of carbonyl (C=O) groups is 2. The number of nitrogen functional groups attached to an aromatic ring is 1. The monoisotopic (exact) mass is 299 g/mol. The van der Waals surface area contributed by atoms with Crippen LogP contribution in [-0.2, 0) is 4.74 Å². The Morgan fingerprint density at radius 2 is 1.64 bits per heavy atom. The zero-order valence-corrected chi connectivity index (χ0v) is 12.5. The van der Waals surface area contributed by atoms with Crippen LogP contribution in [0.1, 0.15) is 33.2 Å². The van der Waals surface area contributed by atoms with E-state index in [1.807, 2.05) is 19.1 Å². The molecular formula is C17H17NO4. The van der Waals surface area contributed by atoms with Crippen LogP contribution in [0, 0.1) is 6.92 Å². The van der Waals surface area contributed by atoms with Crippen molar-refractivity contribution in [1.82, 2.24) is 0 Å². The van der Waals surface area contributed by atoms with Crippen molar-refractivity contribution in [2.24, 2.45) is 0 Å². The molecule has 0 aliphatic heterocycles. The Labute approximate surface area is 128 Å². The normalized spacial score (nSPS) is 10.1. The highest BCUT2D eigenvalue weighted by molar-refractivity contribution is 6.04. The second-order valence-corrected chi connectivity index (χ2v) is 4.64. The molecule has 114 valence electrons. The molecule has 2 aromatic carbocycles. The third-order valence-corrected chi connectivity index (χ3v) is 3.12. The van der Waals surface area contributed by atoms with E-state index in [0.717, 1.165) is 5.56 Å². The number of esters is 2. The van der Waals surface area contributed by atoms with Gasteiger partial charge in [-0.3, -0.25) is 0 Å². The summed E-state index contributed by atoms with van der Waals surface area (Å²) in [5.41, 5.74) is 7.08. The molecule has 5 heteroatoms. The molecule has 0 saturated carbocycles. The fourth-order valence-corrected chi connectivity index (χ4v) is 1.96. The molecule has 0 aliphatic rings. The average molecular weight is 299 g/mol. The Balaban J connectivity index is 2.29. The van der Waals surface area contributed by atoms with E-state index in [2.05, 4.69) is 0 Å². The van der Waals surface area contributed by atoms with Gasteiger partial charge in [0.15, 0.2) is 0 Å². The zero-order chi connectivity index (χ0) is 16.1. The Bertz CT molecular complexity index is 710. The smallest absolute Gasteiger partial charge is 0.345 e. The maximum absolute atomic E-state index is 12.3. The third-order valence-electron chi connectivity index (χ3n) is 3.12. The summed E-state index contributed by atoms with van der Waals surface area (Å²) in [6.07, 6.45) is 0. The molecule has 0 spiro atoms. The van der Waals surface area contributed by atoms with Crippen molar-refractivity contribution in [3.05, 3.63) is 59.2 Å². The molecule has 0 aromatic heterocycles. The molecule has 0 bridgehead atoms. The lowest BCUT2D eigenvalue weighted by Gasteiger charge is -2.11. The van der Waals surface area contributed by atoms with Gasteiger partial charge in [-0.25, -0.2) is 9.59 Å². The molecule has 0 unspecified atom stereocenters. The lowest BCUT2D eigenvalue weighted by Crippen LogP contribution is -2.15. The molecule has 2 aromatic rings. The molecule has 2 rings (SSSR count). The van der Waals surface area contributed by atoms with Crippen molar-refractivity contribution in [3.8, 4) is 5.75 Å². The van der Waals surface area contributed by atoms with Gasteiger partial charge < -0.3 is 15.2 Å². The first-order chi connectivity index (χ1) is 10.5. The Kier molecular flexibility index (Phi) is 4.78. The van der Waals surface area contributed by atoms with Crippen LogP contribution in [0.3, 0.4) is 0 Å². The van der Waals surface area contributed by atoms with Gasteiger partial charge in [-0.1, -0.05) is 24.3 Å². The van der Waals surface area contributed by atoms with Gasteiger partial charge in [0.2, 0.25) is 0 Å². The van der Waals surface area contributed by atoms with E-state index in [-0.39, 0.29) is 23.4 Å². The molecule has 22 heavy (non-hydrogen) atoms. The molecule has 0 amide bonds. The van der Waals surface area contributed by atoms with Crippen LogP contribution in [0.2, 0.25) is 0 Å². The van der Waals surface area contributed by atoms with Crippen LogP contribution >= 0.6 is 0 Å². The molecule has 0 atom stereocenters. The predicted molar refractivity (Wildman–Crippen MR) is 82.9 cm³/mol. The standard InChI is InChI=1S/C17H17NO4/c1-3-21-16(19)12-8-6-9-13(15(12)18)17(20)22-14-10-5-4-7-11(14)2/h4-10H,3,18H2,1-2H3. The van der Waals surface area contributed by atoms with Crippen LogP contribution in [0.15, 0.2) is 42.5 Å². The minimum atomic E-state index is -0.613. The summed E-state index contributed by atoms with van der Waals surface area (Å²) < 4.78 is 10.2. The van der Waals surface area contributed by atoms with Crippen LogP contribution in [-0.4, -0.2) is 18.5 Å². The molecular weight excluding hydrogens is 282 g/mol. The van der Waals surface area contributed by atoms with Gasteiger partial charge in [0.25, 0.3) is 0 Å². The SMILES string of the molecule is CCOC(=O)c1cccc(C(=O)Oc2ccccc2C)c1N. The zero-order valence-electron chi connectivity index (χ0n) is 12.5. The fraction of sp³-hybridized carbons (Fsp3) is 0.176. The Hall–Kier alpha value is -2.82. The molecule has 2 N–H and O–H groups in total. The molecule has 5 nitrogen and oxygen atoms in total. The molecule has 0 aliphatic carbocycles.